The van der Waals surface area contributed by atoms with Gasteiger partial charge in [0.25, 0.3) is 0 Å². The maximum atomic E-state index is 12.5. The fourth-order valence-corrected chi connectivity index (χ4v) is 3.31. The summed E-state index contributed by atoms with van der Waals surface area (Å²) in [5, 5.41) is 0. The molecule has 0 aromatic heterocycles. The van der Waals surface area contributed by atoms with Gasteiger partial charge in [-0.1, -0.05) is 62.7 Å². The third kappa shape index (κ3) is 6.84. The third-order valence-electron chi connectivity index (χ3n) is 5.66. The van der Waals surface area contributed by atoms with Crippen LogP contribution in [-0.4, -0.2) is 12.6 Å². The number of ether oxygens (including phenoxy) is 2. The first kappa shape index (κ1) is 23.3. The van der Waals surface area contributed by atoms with Crippen molar-refractivity contribution in [2.75, 3.05) is 6.61 Å². The summed E-state index contributed by atoms with van der Waals surface area (Å²) in [6, 6.07) is 23.3. The van der Waals surface area contributed by atoms with Gasteiger partial charge in [-0.05, 0) is 78.3 Å². The van der Waals surface area contributed by atoms with Crippen LogP contribution >= 0.6 is 0 Å². The minimum atomic E-state index is -0.378. The van der Waals surface area contributed by atoms with Gasteiger partial charge in [-0.25, -0.2) is 4.79 Å². The zero-order valence-corrected chi connectivity index (χ0v) is 19.1. The summed E-state index contributed by atoms with van der Waals surface area (Å²) >= 11 is 0. The Morgan fingerprint density at radius 2 is 1.50 bits per heavy atom. The number of aryl methyl sites for hydroxylation is 1. The molecule has 0 saturated heterocycles. The second-order valence-electron chi connectivity index (χ2n) is 8.11. The van der Waals surface area contributed by atoms with Gasteiger partial charge in [0.05, 0.1) is 12.2 Å². The lowest BCUT2D eigenvalue weighted by Gasteiger charge is -2.09. The highest BCUT2D eigenvalue weighted by atomic mass is 16.5. The number of hydrogen-bond acceptors (Lipinski definition) is 3. The van der Waals surface area contributed by atoms with Crippen molar-refractivity contribution in [1.82, 2.24) is 0 Å². The Labute approximate surface area is 191 Å². The average molecular weight is 429 g/mol. The van der Waals surface area contributed by atoms with E-state index in [1.165, 1.54) is 18.4 Å². The molecule has 3 rings (SSSR count). The normalized spacial score (nSPS) is 11.6. The van der Waals surface area contributed by atoms with Crippen molar-refractivity contribution in [3.05, 3.63) is 96.6 Å². The molecule has 0 spiro atoms. The predicted molar refractivity (Wildman–Crippen MR) is 131 cm³/mol. The lowest BCUT2D eigenvalue weighted by atomic mass is 9.97. The zero-order valence-electron chi connectivity index (χ0n) is 19.1. The van der Waals surface area contributed by atoms with Gasteiger partial charge in [0.15, 0.2) is 0 Å². The van der Waals surface area contributed by atoms with Gasteiger partial charge in [-0.15, -0.1) is 6.58 Å². The van der Waals surface area contributed by atoms with Crippen LogP contribution in [0.15, 0.2) is 85.5 Å². The Balaban J connectivity index is 1.56. The maximum absolute atomic E-state index is 12.5. The fourth-order valence-electron chi connectivity index (χ4n) is 3.31. The van der Waals surface area contributed by atoms with Crippen LogP contribution in [0, 0.1) is 5.92 Å². The summed E-state index contributed by atoms with van der Waals surface area (Å²) in [4.78, 5) is 12.5. The van der Waals surface area contributed by atoms with Gasteiger partial charge in [0.2, 0.25) is 0 Å². The van der Waals surface area contributed by atoms with E-state index in [2.05, 4.69) is 44.7 Å². The van der Waals surface area contributed by atoms with E-state index in [9.17, 15) is 4.79 Å². The van der Waals surface area contributed by atoms with E-state index in [1.54, 1.807) is 36.4 Å². The van der Waals surface area contributed by atoms with E-state index in [-0.39, 0.29) is 5.97 Å². The summed E-state index contributed by atoms with van der Waals surface area (Å²) in [5.41, 5.74) is 4.11. The number of carbonyl (C=O) groups is 1. The molecule has 0 aliphatic heterocycles. The van der Waals surface area contributed by atoms with Crippen molar-refractivity contribution in [3.63, 3.8) is 0 Å². The summed E-state index contributed by atoms with van der Waals surface area (Å²) in [5.74, 6) is 1.61. The Kier molecular flexibility index (Phi) is 8.68. The quantitative estimate of drug-likeness (QED) is 0.137. The number of rotatable bonds is 11. The SMILES string of the molecule is C=CCCOc1ccc(OC(=O)c2ccc(-c3ccc(CC[C@@H](C)CC)cc3)cc2)cc1. The summed E-state index contributed by atoms with van der Waals surface area (Å²) < 4.78 is 11.1. The van der Waals surface area contributed by atoms with E-state index >= 15 is 0 Å². The van der Waals surface area contributed by atoms with Crippen molar-refractivity contribution >= 4 is 5.97 Å². The van der Waals surface area contributed by atoms with Crippen LogP contribution in [0.3, 0.4) is 0 Å². The summed E-state index contributed by atoms with van der Waals surface area (Å²) in [6.07, 6.45) is 6.16. The number of carbonyl (C=O) groups excluding carboxylic acids is 1. The minimum Gasteiger partial charge on any atom is -0.493 e. The van der Waals surface area contributed by atoms with Crippen molar-refractivity contribution in [1.29, 1.82) is 0 Å². The van der Waals surface area contributed by atoms with Gasteiger partial charge >= 0.3 is 5.97 Å². The Bertz CT molecular complexity index is 986. The highest BCUT2D eigenvalue weighted by Gasteiger charge is 2.09. The Hall–Kier alpha value is -3.33. The molecule has 3 aromatic carbocycles. The van der Waals surface area contributed by atoms with E-state index in [0.29, 0.717) is 17.9 Å². The van der Waals surface area contributed by atoms with Gasteiger partial charge in [0.1, 0.15) is 11.5 Å². The largest absolute Gasteiger partial charge is 0.493 e. The maximum Gasteiger partial charge on any atom is 0.343 e. The van der Waals surface area contributed by atoms with Crippen LogP contribution < -0.4 is 9.47 Å². The molecule has 0 aliphatic carbocycles. The molecule has 0 aliphatic rings. The minimum absolute atomic E-state index is 0.378. The molecule has 0 unspecified atom stereocenters. The topological polar surface area (TPSA) is 35.5 Å². The highest BCUT2D eigenvalue weighted by Crippen LogP contribution is 2.23. The number of hydrogen-bond donors (Lipinski definition) is 0. The van der Waals surface area contributed by atoms with E-state index < -0.39 is 0 Å². The second kappa shape index (κ2) is 11.9. The second-order valence-corrected chi connectivity index (χ2v) is 8.11. The molecule has 0 fully saturated rings. The van der Waals surface area contributed by atoms with Crippen molar-refractivity contribution in [2.24, 2.45) is 5.92 Å². The molecule has 1 atom stereocenters. The smallest absolute Gasteiger partial charge is 0.343 e. The van der Waals surface area contributed by atoms with Crippen LogP contribution in [0.25, 0.3) is 11.1 Å². The lowest BCUT2D eigenvalue weighted by molar-refractivity contribution is 0.0734. The van der Waals surface area contributed by atoms with Crippen molar-refractivity contribution in [3.8, 4) is 22.6 Å². The van der Waals surface area contributed by atoms with E-state index in [4.69, 9.17) is 9.47 Å². The molecule has 0 heterocycles. The van der Waals surface area contributed by atoms with Crippen molar-refractivity contribution < 1.29 is 14.3 Å². The van der Waals surface area contributed by atoms with Crippen LogP contribution in [-0.2, 0) is 6.42 Å². The molecular formula is C29H32O3. The van der Waals surface area contributed by atoms with Gasteiger partial charge in [-0.2, -0.15) is 0 Å². The summed E-state index contributed by atoms with van der Waals surface area (Å²) in [7, 11) is 0. The summed E-state index contributed by atoms with van der Waals surface area (Å²) in [6.45, 7) is 8.79. The lowest BCUT2D eigenvalue weighted by Crippen LogP contribution is -2.08. The predicted octanol–water partition coefficient (Wildman–Crippen LogP) is 7.51. The molecule has 0 radical (unpaired) electrons. The van der Waals surface area contributed by atoms with Gasteiger partial charge in [0, 0.05) is 0 Å². The zero-order chi connectivity index (χ0) is 22.8. The molecular weight excluding hydrogens is 396 g/mol. The molecule has 0 N–H and O–H groups in total. The molecule has 0 saturated carbocycles. The first-order valence-corrected chi connectivity index (χ1v) is 11.3. The van der Waals surface area contributed by atoms with Crippen molar-refractivity contribution in [2.45, 2.75) is 39.5 Å². The Morgan fingerprint density at radius 3 is 2.09 bits per heavy atom. The van der Waals surface area contributed by atoms with Gasteiger partial charge in [-0.3, -0.25) is 0 Å². The first-order valence-electron chi connectivity index (χ1n) is 11.3. The van der Waals surface area contributed by atoms with Crippen LogP contribution in [0.4, 0.5) is 0 Å². The Morgan fingerprint density at radius 1 is 0.906 bits per heavy atom. The average Bonchev–Trinajstić information content (AvgIpc) is 2.84. The van der Waals surface area contributed by atoms with Crippen LogP contribution in [0.1, 0.15) is 49.0 Å². The highest BCUT2D eigenvalue weighted by molar-refractivity contribution is 5.91. The molecule has 0 amide bonds. The fraction of sp³-hybridized carbons (Fsp3) is 0.276. The first-order chi connectivity index (χ1) is 15.6. The molecule has 3 aromatic rings. The third-order valence-corrected chi connectivity index (χ3v) is 5.66. The molecule has 3 heteroatoms. The van der Waals surface area contributed by atoms with E-state index in [1.807, 2.05) is 18.2 Å². The monoisotopic (exact) mass is 428 g/mol. The van der Waals surface area contributed by atoms with Crippen LogP contribution in [0.2, 0.25) is 0 Å². The van der Waals surface area contributed by atoms with Gasteiger partial charge < -0.3 is 9.47 Å². The number of esters is 1. The molecule has 0 bridgehead atoms. The molecule has 32 heavy (non-hydrogen) atoms. The molecule has 3 nitrogen and oxygen atoms in total. The van der Waals surface area contributed by atoms with Crippen LogP contribution in [0.5, 0.6) is 11.5 Å². The van der Waals surface area contributed by atoms with E-state index in [0.717, 1.165) is 35.6 Å². The standard InChI is InChI=1S/C29H32O3/c1-4-6-21-31-27-17-19-28(20-18-27)32-29(30)26-15-13-25(14-16-26)24-11-9-23(10-12-24)8-7-22(3)5-2/h4,9-20,22H,1,5-8,21H2,2-3H3/t22-/m0/s1. The number of benzene rings is 3. The molecule has 166 valence electrons.